The fraction of sp³-hybridized carbons (Fsp3) is 0.500. The minimum Gasteiger partial charge on any atom is -0.491 e. The van der Waals surface area contributed by atoms with E-state index in [1.807, 2.05) is 4.57 Å². The van der Waals surface area contributed by atoms with E-state index in [-0.39, 0.29) is 11.9 Å². The van der Waals surface area contributed by atoms with Crippen molar-refractivity contribution in [3.05, 3.63) is 12.5 Å². The molecule has 3 aromatic heterocycles. The lowest BCUT2D eigenvalue weighted by atomic mass is 10.4. The average Bonchev–Trinajstić information content (AvgIpc) is 3.27. The number of rotatable bonds is 4. The Hall–Kier alpha value is -2.84. The zero-order valence-corrected chi connectivity index (χ0v) is 14.6. The molecule has 1 saturated heterocycles. The van der Waals surface area contributed by atoms with Crippen LogP contribution in [0.3, 0.4) is 0 Å². The molecule has 1 fully saturated rings. The fourth-order valence-corrected chi connectivity index (χ4v) is 3.12. The summed E-state index contributed by atoms with van der Waals surface area (Å²) in [4.78, 5) is 16.1. The molecule has 1 aliphatic rings. The van der Waals surface area contributed by atoms with Crippen LogP contribution in [-0.2, 0) is 7.05 Å². The highest BCUT2D eigenvalue weighted by Gasteiger charge is 2.21. The molecule has 1 aliphatic heterocycles. The third-order valence-electron chi connectivity index (χ3n) is 4.42. The predicted octanol–water partition coefficient (Wildman–Crippen LogP) is 2.19. The second-order valence-corrected chi connectivity index (χ2v) is 6.65. The quantitative estimate of drug-likeness (QED) is 0.750. The number of aromatic nitrogens is 6. The van der Waals surface area contributed by atoms with E-state index in [0.717, 1.165) is 31.6 Å². The van der Waals surface area contributed by atoms with Gasteiger partial charge in [-0.1, -0.05) is 0 Å². The molecule has 0 aromatic carbocycles. The van der Waals surface area contributed by atoms with Gasteiger partial charge in [0.25, 0.3) is 5.88 Å². The Morgan fingerprint density at radius 2 is 1.96 bits per heavy atom. The molecular formula is C16H22N8O. The van der Waals surface area contributed by atoms with Gasteiger partial charge in [-0.2, -0.15) is 9.97 Å². The minimum atomic E-state index is -0.0692. The summed E-state index contributed by atoms with van der Waals surface area (Å²) in [5.41, 5.74) is 1.96. The standard InChI is InChI=1S/C16H22N8O/c1-10(2)24-9-17-12-13(18-11-8-22(3)21-15(11)25)19-16(20-14(12)24)23-6-4-5-7-23/h8-10H,4-7H2,1-3H3,(H,21,25)(H,18,19,20). The van der Waals surface area contributed by atoms with Crippen LogP contribution >= 0.6 is 0 Å². The van der Waals surface area contributed by atoms with Crippen LogP contribution in [0.5, 0.6) is 5.88 Å². The minimum absolute atomic E-state index is 0.0692. The number of hydrogen-bond donors (Lipinski definition) is 2. The lowest BCUT2D eigenvalue weighted by Gasteiger charge is -2.17. The van der Waals surface area contributed by atoms with E-state index in [2.05, 4.69) is 39.1 Å². The molecule has 0 spiro atoms. The third-order valence-corrected chi connectivity index (χ3v) is 4.42. The van der Waals surface area contributed by atoms with Gasteiger partial charge in [0.2, 0.25) is 5.95 Å². The van der Waals surface area contributed by atoms with E-state index in [0.29, 0.717) is 23.0 Å². The van der Waals surface area contributed by atoms with Crippen molar-refractivity contribution in [1.82, 2.24) is 29.3 Å². The maximum absolute atomic E-state index is 9.97. The molecule has 9 heteroatoms. The van der Waals surface area contributed by atoms with Crippen molar-refractivity contribution in [1.29, 1.82) is 0 Å². The molecule has 2 N–H and O–H groups in total. The van der Waals surface area contributed by atoms with Gasteiger partial charge in [0, 0.05) is 26.2 Å². The van der Waals surface area contributed by atoms with E-state index < -0.39 is 0 Å². The number of anilines is 3. The Bertz CT molecular complexity index is 906. The molecule has 132 valence electrons. The van der Waals surface area contributed by atoms with E-state index in [4.69, 9.17) is 4.98 Å². The first-order valence-electron chi connectivity index (χ1n) is 8.52. The molecule has 0 unspecified atom stereocenters. The zero-order chi connectivity index (χ0) is 17.6. The molecule has 4 heterocycles. The second kappa shape index (κ2) is 5.91. The largest absolute Gasteiger partial charge is 0.491 e. The zero-order valence-electron chi connectivity index (χ0n) is 14.6. The van der Waals surface area contributed by atoms with E-state index in [1.54, 1.807) is 24.3 Å². The first-order valence-corrected chi connectivity index (χ1v) is 8.52. The maximum atomic E-state index is 9.97. The fourth-order valence-electron chi connectivity index (χ4n) is 3.12. The summed E-state index contributed by atoms with van der Waals surface area (Å²) in [6.45, 7) is 6.11. The highest BCUT2D eigenvalue weighted by Crippen LogP contribution is 2.30. The van der Waals surface area contributed by atoms with Crippen molar-refractivity contribution in [2.45, 2.75) is 32.7 Å². The van der Waals surface area contributed by atoms with Gasteiger partial charge in [-0.3, -0.25) is 4.68 Å². The number of nitrogens with zero attached hydrogens (tertiary/aromatic N) is 7. The molecular weight excluding hydrogens is 320 g/mol. The summed E-state index contributed by atoms with van der Waals surface area (Å²) in [5.74, 6) is 1.20. The molecule has 4 rings (SSSR count). The molecule has 0 atom stereocenters. The van der Waals surface area contributed by atoms with Crippen molar-refractivity contribution in [2.75, 3.05) is 23.3 Å². The van der Waals surface area contributed by atoms with Crippen LogP contribution in [0.1, 0.15) is 32.7 Å². The molecule has 25 heavy (non-hydrogen) atoms. The van der Waals surface area contributed by atoms with Crippen LogP contribution in [0.25, 0.3) is 11.2 Å². The number of aromatic hydroxyl groups is 1. The Labute approximate surface area is 145 Å². The Morgan fingerprint density at radius 1 is 1.20 bits per heavy atom. The highest BCUT2D eigenvalue weighted by molar-refractivity contribution is 5.87. The van der Waals surface area contributed by atoms with Crippen LogP contribution in [-0.4, -0.2) is 47.5 Å². The van der Waals surface area contributed by atoms with Gasteiger partial charge in [-0.15, -0.1) is 5.10 Å². The number of hydrogen-bond acceptors (Lipinski definition) is 7. The number of fused-ring (bicyclic) bond motifs is 1. The summed E-state index contributed by atoms with van der Waals surface area (Å²) in [5, 5.41) is 17.1. The Balaban J connectivity index is 1.84. The van der Waals surface area contributed by atoms with Crippen LogP contribution < -0.4 is 10.2 Å². The predicted molar refractivity (Wildman–Crippen MR) is 95.3 cm³/mol. The summed E-state index contributed by atoms with van der Waals surface area (Å²) in [6, 6.07) is 0.242. The van der Waals surface area contributed by atoms with Gasteiger partial charge in [0.05, 0.1) is 12.5 Å². The Kier molecular flexibility index (Phi) is 3.70. The van der Waals surface area contributed by atoms with Crippen LogP contribution in [0.2, 0.25) is 0 Å². The third kappa shape index (κ3) is 2.75. The maximum Gasteiger partial charge on any atom is 0.254 e. The van der Waals surface area contributed by atoms with Crippen molar-refractivity contribution >= 4 is 28.6 Å². The first-order chi connectivity index (χ1) is 12.0. The monoisotopic (exact) mass is 342 g/mol. The van der Waals surface area contributed by atoms with E-state index in [9.17, 15) is 5.11 Å². The molecule has 9 nitrogen and oxygen atoms in total. The lowest BCUT2D eigenvalue weighted by molar-refractivity contribution is 0.446. The summed E-state index contributed by atoms with van der Waals surface area (Å²) in [6.07, 6.45) is 5.79. The molecule has 0 saturated carbocycles. The number of aryl methyl sites for hydroxylation is 1. The van der Waals surface area contributed by atoms with Gasteiger partial charge < -0.3 is 19.9 Å². The normalized spacial score (nSPS) is 14.8. The van der Waals surface area contributed by atoms with Crippen LogP contribution in [0, 0.1) is 0 Å². The first kappa shape index (κ1) is 15.7. The molecule has 0 aliphatic carbocycles. The average molecular weight is 342 g/mol. The van der Waals surface area contributed by atoms with Gasteiger partial charge >= 0.3 is 0 Å². The van der Waals surface area contributed by atoms with Crippen LogP contribution in [0.15, 0.2) is 12.5 Å². The van der Waals surface area contributed by atoms with Crippen molar-refractivity contribution in [3.63, 3.8) is 0 Å². The van der Waals surface area contributed by atoms with Crippen LogP contribution in [0.4, 0.5) is 17.5 Å². The lowest BCUT2D eigenvalue weighted by Crippen LogP contribution is -2.21. The van der Waals surface area contributed by atoms with Crippen molar-refractivity contribution in [2.24, 2.45) is 7.05 Å². The summed E-state index contributed by atoms with van der Waals surface area (Å²) in [7, 11) is 1.75. The van der Waals surface area contributed by atoms with E-state index >= 15 is 0 Å². The van der Waals surface area contributed by atoms with Gasteiger partial charge in [0.15, 0.2) is 17.0 Å². The van der Waals surface area contributed by atoms with E-state index in [1.165, 1.54) is 0 Å². The molecule has 0 radical (unpaired) electrons. The van der Waals surface area contributed by atoms with Gasteiger partial charge in [-0.05, 0) is 26.7 Å². The van der Waals surface area contributed by atoms with Crippen molar-refractivity contribution < 1.29 is 5.11 Å². The molecule has 0 bridgehead atoms. The molecule has 3 aromatic rings. The SMILES string of the molecule is CC(C)n1cnc2c(Nc3cn(C)nc3O)nc(N3CCCC3)nc21. The highest BCUT2D eigenvalue weighted by atomic mass is 16.3. The van der Waals surface area contributed by atoms with Crippen molar-refractivity contribution in [3.8, 4) is 5.88 Å². The second-order valence-electron chi connectivity index (χ2n) is 6.65. The smallest absolute Gasteiger partial charge is 0.254 e. The number of nitrogens with one attached hydrogen (secondary N) is 1. The topological polar surface area (TPSA) is 96.9 Å². The molecule has 0 amide bonds. The summed E-state index contributed by atoms with van der Waals surface area (Å²) < 4.78 is 3.58. The number of imidazole rings is 1. The van der Waals surface area contributed by atoms with Gasteiger partial charge in [-0.25, -0.2) is 4.98 Å². The van der Waals surface area contributed by atoms with Gasteiger partial charge in [0.1, 0.15) is 5.69 Å². The summed E-state index contributed by atoms with van der Waals surface area (Å²) >= 11 is 0. The Morgan fingerprint density at radius 3 is 2.60 bits per heavy atom.